The molecule has 4 heterocycles. The van der Waals surface area contributed by atoms with Crippen molar-refractivity contribution in [1.29, 1.82) is 0 Å². The SMILES string of the molecule is COc1cc(NCC(C)(C)O)ccc1Nc1nccc(-c2c(-c3ccc4[nH]c(Cc5ccccc5)nc4c3)nc3ccccn23)n1. The van der Waals surface area contributed by atoms with Gasteiger partial charge in [0.15, 0.2) is 0 Å². The molecule has 7 aromatic rings. The first-order valence-electron chi connectivity index (χ1n) is 15.1. The van der Waals surface area contributed by atoms with E-state index in [2.05, 4.69) is 50.9 Å². The fourth-order valence-corrected chi connectivity index (χ4v) is 5.41. The topological polar surface area (TPSA) is 125 Å². The number of ether oxygens (including phenoxy) is 1. The van der Waals surface area contributed by atoms with Crippen molar-refractivity contribution in [1.82, 2.24) is 29.3 Å². The normalized spacial score (nSPS) is 11.7. The number of hydrogen-bond donors (Lipinski definition) is 4. The summed E-state index contributed by atoms with van der Waals surface area (Å²) in [6.45, 7) is 3.91. The van der Waals surface area contributed by atoms with Crippen LogP contribution in [0, 0.1) is 0 Å². The minimum atomic E-state index is -0.843. The van der Waals surface area contributed by atoms with Gasteiger partial charge in [-0.05, 0) is 61.9 Å². The van der Waals surface area contributed by atoms with E-state index in [1.54, 1.807) is 27.2 Å². The van der Waals surface area contributed by atoms with Crippen LogP contribution in [-0.4, -0.2) is 53.7 Å². The number of methoxy groups -OCH3 is 1. The van der Waals surface area contributed by atoms with E-state index in [0.717, 1.165) is 51.6 Å². The Bertz CT molecular complexity index is 2150. The molecular weight excluding hydrogens is 576 g/mol. The number of nitrogens with one attached hydrogen (secondary N) is 3. The summed E-state index contributed by atoms with van der Waals surface area (Å²) in [6, 6.07) is 30.0. The van der Waals surface area contributed by atoms with Gasteiger partial charge in [-0.1, -0.05) is 42.5 Å². The fraction of sp³-hybridized carbons (Fsp3) is 0.167. The van der Waals surface area contributed by atoms with Crippen LogP contribution >= 0.6 is 0 Å². The van der Waals surface area contributed by atoms with E-state index in [9.17, 15) is 5.11 Å². The van der Waals surface area contributed by atoms with E-state index in [4.69, 9.17) is 19.7 Å². The predicted molar refractivity (Wildman–Crippen MR) is 182 cm³/mol. The fourth-order valence-electron chi connectivity index (χ4n) is 5.41. The quantitative estimate of drug-likeness (QED) is 0.132. The van der Waals surface area contributed by atoms with Crippen LogP contribution in [0.5, 0.6) is 5.75 Å². The highest BCUT2D eigenvalue weighted by molar-refractivity contribution is 5.87. The molecule has 0 amide bonds. The summed E-state index contributed by atoms with van der Waals surface area (Å²) in [4.78, 5) is 22.8. The summed E-state index contributed by atoms with van der Waals surface area (Å²) in [6.07, 6.45) is 4.45. The van der Waals surface area contributed by atoms with E-state index in [1.165, 1.54) is 5.56 Å². The van der Waals surface area contributed by atoms with Crippen molar-refractivity contribution in [2.45, 2.75) is 25.9 Å². The van der Waals surface area contributed by atoms with E-state index >= 15 is 0 Å². The van der Waals surface area contributed by atoms with Crippen LogP contribution in [0.4, 0.5) is 17.3 Å². The molecule has 10 heteroatoms. The Kier molecular flexibility index (Phi) is 7.55. The van der Waals surface area contributed by atoms with Gasteiger partial charge in [0, 0.05) is 42.7 Å². The number of anilines is 3. The number of benzene rings is 3. The zero-order valence-electron chi connectivity index (χ0n) is 25.8. The Morgan fingerprint density at radius 3 is 2.59 bits per heavy atom. The molecule has 10 nitrogen and oxygen atoms in total. The third kappa shape index (κ3) is 6.11. The smallest absolute Gasteiger partial charge is 0.227 e. The third-order valence-electron chi connectivity index (χ3n) is 7.62. The molecule has 0 spiro atoms. The second-order valence-corrected chi connectivity index (χ2v) is 11.8. The van der Waals surface area contributed by atoms with Gasteiger partial charge in [-0.25, -0.2) is 19.9 Å². The van der Waals surface area contributed by atoms with Crippen LogP contribution in [-0.2, 0) is 6.42 Å². The molecule has 0 aliphatic carbocycles. The number of fused-ring (bicyclic) bond motifs is 2. The van der Waals surface area contributed by atoms with E-state index in [-0.39, 0.29) is 0 Å². The molecule has 0 aliphatic heterocycles. The predicted octanol–water partition coefficient (Wildman–Crippen LogP) is 6.86. The molecule has 0 aliphatic rings. The number of hydrogen-bond acceptors (Lipinski definition) is 8. The number of aromatic amines is 1. The molecule has 4 N–H and O–H groups in total. The summed E-state index contributed by atoms with van der Waals surface area (Å²) >= 11 is 0. The van der Waals surface area contributed by atoms with E-state index in [0.29, 0.717) is 29.6 Å². The molecule has 3 aromatic carbocycles. The maximum atomic E-state index is 10.1. The summed E-state index contributed by atoms with van der Waals surface area (Å²) in [5, 5.41) is 16.6. The number of pyridine rings is 1. The molecule has 0 unspecified atom stereocenters. The number of H-pyrrole nitrogens is 1. The van der Waals surface area contributed by atoms with E-state index in [1.807, 2.05) is 71.3 Å². The molecule has 0 saturated carbocycles. The van der Waals surface area contributed by atoms with Crippen LogP contribution in [0.3, 0.4) is 0 Å². The van der Waals surface area contributed by atoms with Crippen molar-refractivity contribution < 1.29 is 9.84 Å². The van der Waals surface area contributed by atoms with Crippen LogP contribution in [0.25, 0.3) is 39.3 Å². The molecule has 0 fully saturated rings. The maximum absolute atomic E-state index is 10.1. The molecule has 0 bridgehead atoms. The molecule has 7 rings (SSSR count). The Morgan fingerprint density at radius 1 is 0.913 bits per heavy atom. The summed E-state index contributed by atoms with van der Waals surface area (Å²) < 4.78 is 7.70. The van der Waals surface area contributed by atoms with Gasteiger partial charge in [0.25, 0.3) is 0 Å². The van der Waals surface area contributed by atoms with Gasteiger partial charge in [0.2, 0.25) is 5.95 Å². The highest BCUT2D eigenvalue weighted by Crippen LogP contribution is 2.35. The van der Waals surface area contributed by atoms with Gasteiger partial charge in [0.05, 0.1) is 46.5 Å². The van der Waals surface area contributed by atoms with Crippen LogP contribution in [0.2, 0.25) is 0 Å². The lowest BCUT2D eigenvalue weighted by atomic mass is 10.1. The first-order chi connectivity index (χ1) is 22.3. The van der Waals surface area contributed by atoms with Gasteiger partial charge < -0.3 is 25.5 Å². The Labute approximate surface area is 266 Å². The number of aromatic nitrogens is 6. The van der Waals surface area contributed by atoms with Crippen LogP contribution < -0.4 is 15.4 Å². The highest BCUT2D eigenvalue weighted by Gasteiger charge is 2.19. The second kappa shape index (κ2) is 12.0. The van der Waals surface area contributed by atoms with Crippen molar-refractivity contribution in [2.24, 2.45) is 0 Å². The lowest BCUT2D eigenvalue weighted by Crippen LogP contribution is -2.29. The van der Waals surface area contributed by atoms with Gasteiger partial charge >= 0.3 is 0 Å². The first kappa shape index (κ1) is 29.0. The molecule has 0 radical (unpaired) electrons. The standard InChI is InChI=1S/C36H34N8O2/c1-36(2,45)22-38-25-13-15-27(30(21-25)46-3)41-35-37-17-16-28(42-35)34-33(43-32-11-7-8-18-44(32)34)24-12-14-26-29(20-24)40-31(39-26)19-23-9-5-4-6-10-23/h4-18,20-21,38,45H,19,22H2,1-3H3,(H,39,40)(H,37,41,42). The minimum Gasteiger partial charge on any atom is -0.494 e. The second-order valence-electron chi connectivity index (χ2n) is 11.8. The van der Waals surface area contributed by atoms with Gasteiger partial charge in [-0.2, -0.15) is 0 Å². The van der Waals surface area contributed by atoms with E-state index < -0.39 is 5.60 Å². The number of aliphatic hydroxyl groups is 1. The summed E-state index contributed by atoms with van der Waals surface area (Å²) in [5.41, 5.74) is 7.85. The third-order valence-corrected chi connectivity index (χ3v) is 7.62. The van der Waals surface area contributed by atoms with Gasteiger partial charge in [-0.3, -0.25) is 4.40 Å². The number of nitrogens with zero attached hydrogens (tertiary/aromatic N) is 5. The molecule has 0 atom stereocenters. The lowest BCUT2D eigenvalue weighted by molar-refractivity contribution is 0.0945. The monoisotopic (exact) mass is 610 g/mol. The lowest BCUT2D eigenvalue weighted by Gasteiger charge is -2.19. The van der Waals surface area contributed by atoms with Crippen molar-refractivity contribution in [3.05, 3.63) is 115 Å². The molecular formula is C36H34N8O2. The zero-order chi connectivity index (χ0) is 31.7. The van der Waals surface area contributed by atoms with Crippen molar-refractivity contribution in [3.63, 3.8) is 0 Å². The van der Waals surface area contributed by atoms with Crippen LogP contribution in [0.15, 0.2) is 103 Å². The van der Waals surface area contributed by atoms with Crippen molar-refractivity contribution in [3.8, 4) is 28.4 Å². The largest absolute Gasteiger partial charge is 0.494 e. The van der Waals surface area contributed by atoms with Gasteiger partial charge in [0.1, 0.15) is 17.2 Å². The van der Waals surface area contributed by atoms with Gasteiger partial charge in [-0.15, -0.1) is 0 Å². The van der Waals surface area contributed by atoms with Crippen molar-refractivity contribution in [2.75, 3.05) is 24.3 Å². The molecule has 0 saturated heterocycles. The molecule has 4 aromatic heterocycles. The van der Waals surface area contributed by atoms with Crippen LogP contribution in [0.1, 0.15) is 25.2 Å². The zero-order valence-corrected chi connectivity index (χ0v) is 25.8. The number of imidazole rings is 2. The highest BCUT2D eigenvalue weighted by atomic mass is 16.5. The average Bonchev–Trinajstić information content (AvgIpc) is 3.65. The minimum absolute atomic E-state index is 0.400. The Hall–Kier alpha value is -5.74. The Morgan fingerprint density at radius 2 is 1.76 bits per heavy atom. The Balaban J connectivity index is 1.22. The molecule has 46 heavy (non-hydrogen) atoms. The first-order valence-corrected chi connectivity index (χ1v) is 15.1. The number of rotatable bonds is 10. The summed E-state index contributed by atoms with van der Waals surface area (Å²) in [5.74, 6) is 1.94. The molecule has 230 valence electrons. The summed E-state index contributed by atoms with van der Waals surface area (Å²) in [7, 11) is 1.61. The van der Waals surface area contributed by atoms with Crippen molar-refractivity contribution >= 4 is 34.0 Å². The maximum Gasteiger partial charge on any atom is 0.227 e. The average molecular weight is 611 g/mol.